The molecule has 4 heteroatoms. The number of pyridine rings is 1. The summed E-state index contributed by atoms with van der Waals surface area (Å²) in [5.41, 5.74) is 1.10. The van der Waals surface area contributed by atoms with E-state index in [4.69, 9.17) is 5.26 Å². The Morgan fingerprint density at radius 3 is 2.76 bits per heavy atom. The number of likely N-dealkylation sites (tertiary alicyclic amines) is 1. The Morgan fingerprint density at radius 1 is 1.47 bits per heavy atom. The molecule has 1 aliphatic rings. The van der Waals surface area contributed by atoms with Gasteiger partial charge in [0.25, 0.3) is 5.56 Å². The van der Waals surface area contributed by atoms with Gasteiger partial charge in [0.2, 0.25) is 0 Å². The highest BCUT2D eigenvalue weighted by Crippen LogP contribution is 2.17. The molecule has 0 bridgehead atoms. The third-order valence-electron chi connectivity index (χ3n) is 3.35. The second kappa shape index (κ2) is 5.15. The summed E-state index contributed by atoms with van der Waals surface area (Å²) in [6.07, 6.45) is 3.70. The van der Waals surface area contributed by atoms with Crippen molar-refractivity contribution in [2.24, 2.45) is 13.0 Å². The Labute approximate surface area is 101 Å². The maximum absolute atomic E-state index is 11.5. The fourth-order valence-corrected chi connectivity index (χ4v) is 2.17. The highest BCUT2D eigenvalue weighted by atomic mass is 16.1. The molecule has 0 spiro atoms. The fraction of sp³-hybridized carbons (Fsp3) is 0.538. The van der Waals surface area contributed by atoms with Gasteiger partial charge in [-0.3, -0.25) is 9.69 Å². The van der Waals surface area contributed by atoms with E-state index < -0.39 is 0 Å². The number of piperidine rings is 1. The smallest absolute Gasteiger partial charge is 0.250 e. The summed E-state index contributed by atoms with van der Waals surface area (Å²) in [5, 5.41) is 8.82. The predicted molar refractivity (Wildman–Crippen MR) is 65.3 cm³/mol. The molecule has 1 aliphatic heterocycles. The molecule has 0 unspecified atom stereocenters. The third-order valence-corrected chi connectivity index (χ3v) is 3.35. The van der Waals surface area contributed by atoms with Gasteiger partial charge in [0.15, 0.2) is 0 Å². The van der Waals surface area contributed by atoms with Gasteiger partial charge in [-0.25, -0.2) is 0 Å². The first-order valence-electron chi connectivity index (χ1n) is 5.96. The fourth-order valence-electron chi connectivity index (χ4n) is 2.17. The van der Waals surface area contributed by atoms with Crippen molar-refractivity contribution in [2.75, 3.05) is 13.1 Å². The zero-order valence-corrected chi connectivity index (χ0v) is 10.1. The van der Waals surface area contributed by atoms with Crippen LogP contribution in [0.15, 0.2) is 23.1 Å². The van der Waals surface area contributed by atoms with Crippen molar-refractivity contribution in [1.82, 2.24) is 9.47 Å². The van der Waals surface area contributed by atoms with E-state index in [1.165, 1.54) is 0 Å². The van der Waals surface area contributed by atoms with Crippen molar-refractivity contribution in [2.45, 2.75) is 19.4 Å². The molecule has 0 aliphatic carbocycles. The molecular weight excluding hydrogens is 214 g/mol. The maximum atomic E-state index is 11.5. The second-order valence-electron chi connectivity index (χ2n) is 4.66. The summed E-state index contributed by atoms with van der Waals surface area (Å²) in [6, 6.07) is 6.00. The van der Waals surface area contributed by atoms with Gasteiger partial charge in [-0.1, -0.05) is 0 Å². The van der Waals surface area contributed by atoms with E-state index in [0.717, 1.165) is 38.0 Å². The minimum absolute atomic E-state index is 0.0365. The quantitative estimate of drug-likeness (QED) is 0.766. The van der Waals surface area contributed by atoms with Crippen LogP contribution < -0.4 is 5.56 Å². The summed E-state index contributed by atoms with van der Waals surface area (Å²) >= 11 is 0. The van der Waals surface area contributed by atoms with E-state index in [9.17, 15) is 4.79 Å². The van der Waals surface area contributed by atoms with Crippen molar-refractivity contribution in [3.63, 3.8) is 0 Å². The molecule has 1 aromatic heterocycles. The minimum Gasteiger partial charge on any atom is -0.319 e. The van der Waals surface area contributed by atoms with Crippen LogP contribution in [0.4, 0.5) is 0 Å². The number of aromatic nitrogens is 1. The van der Waals surface area contributed by atoms with Crippen LogP contribution in [0.1, 0.15) is 18.4 Å². The van der Waals surface area contributed by atoms with E-state index in [2.05, 4.69) is 11.0 Å². The summed E-state index contributed by atoms with van der Waals surface area (Å²) in [4.78, 5) is 13.8. The Morgan fingerprint density at radius 2 is 2.18 bits per heavy atom. The third kappa shape index (κ3) is 2.95. The van der Waals surface area contributed by atoms with Gasteiger partial charge in [-0.05, 0) is 37.6 Å². The zero-order valence-electron chi connectivity index (χ0n) is 10.1. The Hall–Kier alpha value is -1.60. The average molecular weight is 231 g/mol. The molecule has 1 aromatic rings. The van der Waals surface area contributed by atoms with E-state index in [1.54, 1.807) is 23.9 Å². The molecule has 1 fully saturated rings. The molecule has 0 amide bonds. The summed E-state index contributed by atoms with van der Waals surface area (Å²) in [7, 11) is 1.75. The summed E-state index contributed by atoms with van der Waals surface area (Å²) in [6.45, 7) is 2.72. The number of hydrogen-bond acceptors (Lipinski definition) is 3. The van der Waals surface area contributed by atoms with Crippen LogP contribution in [0.25, 0.3) is 0 Å². The highest BCUT2D eigenvalue weighted by Gasteiger charge is 2.18. The lowest BCUT2D eigenvalue weighted by Gasteiger charge is -2.28. The van der Waals surface area contributed by atoms with Gasteiger partial charge in [-0.15, -0.1) is 0 Å². The minimum atomic E-state index is 0.0365. The van der Waals surface area contributed by atoms with Gasteiger partial charge < -0.3 is 4.57 Å². The topological polar surface area (TPSA) is 49.0 Å². The van der Waals surface area contributed by atoms with Gasteiger partial charge in [0.05, 0.1) is 6.07 Å². The molecule has 0 saturated carbocycles. The molecule has 4 nitrogen and oxygen atoms in total. The Bertz CT molecular complexity index is 478. The predicted octanol–water partition coefficient (Wildman–Crippen LogP) is 1.12. The molecule has 0 N–H and O–H groups in total. The molecule has 0 aromatic carbocycles. The van der Waals surface area contributed by atoms with Crippen molar-refractivity contribution in [3.05, 3.63) is 34.2 Å². The Kier molecular flexibility index (Phi) is 3.60. The molecular formula is C13H17N3O. The normalized spacial score (nSPS) is 17.9. The van der Waals surface area contributed by atoms with Gasteiger partial charge >= 0.3 is 0 Å². The number of hydrogen-bond donors (Lipinski definition) is 0. The van der Waals surface area contributed by atoms with E-state index in [1.807, 2.05) is 6.07 Å². The van der Waals surface area contributed by atoms with Crippen molar-refractivity contribution in [1.29, 1.82) is 5.26 Å². The van der Waals surface area contributed by atoms with Crippen LogP contribution in [-0.4, -0.2) is 22.6 Å². The van der Waals surface area contributed by atoms with Crippen LogP contribution in [0.2, 0.25) is 0 Å². The summed E-state index contributed by atoms with van der Waals surface area (Å²) in [5.74, 6) is 0.217. The van der Waals surface area contributed by atoms with Crippen LogP contribution in [-0.2, 0) is 13.6 Å². The van der Waals surface area contributed by atoms with Crippen LogP contribution in [0.3, 0.4) is 0 Å². The molecule has 90 valence electrons. The molecule has 0 radical (unpaired) electrons. The first kappa shape index (κ1) is 11.9. The molecule has 17 heavy (non-hydrogen) atoms. The number of aryl methyl sites for hydroxylation is 1. The number of nitriles is 1. The van der Waals surface area contributed by atoms with Crippen LogP contribution >= 0.6 is 0 Å². The molecule has 0 atom stereocenters. The first-order chi connectivity index (χ1) is 8.19. The number of rotatable bonds is 2. The monoisotopic (exact) mass is 231 g/mol. The van der Waals surface area contributed by atoms with E-state index in [0.29, 0.717) is 0 Å². The molecule has 2 heterocycles. The van der Waals surface area contributed by atoms with Gasteiger partial charge in [0.1, 0.15) is 0 Å². The van der Waals surface area contributed by atoms with Crippen LogP contribution in [0.5, 0.6) is 0 Å². The van der Waals surface area contributed by atoms with Gasteiger partial charge in [0, 0.05) is 31.8 Å². The Balaban J connectivity index is 1.96. The lowest BCUT2D eigenvalue weighted by molar-refractivity contribution is 0.198. The summed E-state index contributed by atoms with van der Waals surface area (Å²) < 4.78 is 1.57. The van der Waals surface area contributed by atoms with Crippen molar-refractivity contribution >= 4 is 0 Å². The van der Waals surface area contributed by atoms with Crippen LogP contribution in [0, 0.1) is 17.2 Å². The average Bonchev–Trinajstić information content (AvgIpc) is 2.35. The second-order valence-corrected chi connectivity index (χ2v) is 4.66. The lowest BCUT2D eigenvalue weighted by atomic mass is 9.98. The largest absolute Gasteiger partial charge is 0.319 e. The van der Waals surface area contributed by atoms with Crippen molar-refractivity contribution < 1.29 is 0 Å². The number of nitrogens with zero attached hydrogens (tertiary/aromatic N) is 3. The van der Waals surface area contributed by atoms with E-state index >= 15 is 0 Å². The highest BCUT2D eigenvalue weighted by molar-refractivity contribution is 5.10. The van der Waals surface area contributed by atoms with E-state index in [-0.39, 0.29) is 11.5 Å². The molecule has 1 saturated heterocycles. The molecule has 2 rings (SSSR count). The van der Waals surface area contributed by atoms with Crippen molar-refractivity contribution in [3.8, 4) is 6.07 Å². The zero-order chi connectivity index (χ0) is 12.3. The lowest BCUT2D eigenvalue weighted by Crippen LogP contribution is -2.33. The SMILES string of the molecule is Cn1ccc(CN2CCC(C#N)CC2)cc1=O. The first-order valence-corrected chi connectivity index (χ1v) is 5.96. The standard InChI is InChI=1S/C13H17N3O/c1-15-5-2-12(8-13(15)17)10-16-6-3-11(9-14)4-7-16/h2,5,8,11H,3-4,6-7,10H2,1H3. The van der Waals surface area contributed by atoms with Gasteiger partial charge in [-0.2, -0.15) is 5.26 Å². The maximum Gasteiger partial charge on any atom is 0.250 e.